The van der Waals surface area contributed by atoms with Crippen LogP contribution in [-0.2, 0) is 4.79 Å². The van der Waals surface area contributed by atoms with Gasteiger partial charge in [0.1, 0.15) is 17.5 Å². The Morgan fingerprint density at radius 1 is 1.65 bits per heavy atom. The van der Waals surface area contributed by atoms with E-state index in [4.69, 9.17) is 15.7 Å². The molecule has 0 saturated heterocycles. The summed E-state index contributed by atoms with van der Waals surface area (Å²) >= 11 is 0. The fraction of sp³-hybridized carbons (Fsp3) is 0.333. The van der Waals surface area contributed by atoms with Gasteiger partial charge in [-0.2, -0.15) is 5.26 Å². The molecule has 0 aliphatic rings. The third-order valence-corrected chi connectivity index (χ3v) is 2.39. The molecule has 0 heterocycles. The SMILES string of the molecule is CC[C@@H](N)C(=O)Nc1c(C#N)cccc1OC. The largest absolute Gasteiger partial charge is 0.495 e. The summed E-state index contributed by atoms with van der Waals surface area (Å²) in [7, 11) is 1.48. The average molecular weight is 233 g/mol. The zero-order chi connectivity index (χ0) is 12.8. The molecule has 1 aromatic rings. The first kappa shape index (κ1) is 13.0. The van der Waals surface area contributed by atoms with E-state index < -0.39 is 6.04 Å². The zero-order valence-electron chi connectivity index (χ0n) is 9.86. The molecule has 5 heteroatoms. The minimum Gasteiger partial charge on any atom is -0.495 e. The molecular formula is C12H15N3O2. The highest BCUT2D eigenvalue weighted by atomic mass is 16.5. The number of methoxy groups -OCH3 is 1. The number of hydrogen-bond donors (Lipinski definition) is 2. The van der Waals surface area contributed by atoms with Crippen LogP contribution >= 0.6 is 0 Å². The molecule has 1 rings (SSSR count). The molecule has 0 aromatic heterocycles. The van der Waals surface area contributed by atoms with Crippen molar-refractivity contribution < 1.29 is 9.53 Å². The van der Waals surface area contributed by atoms with E-state index in [1.54, 1.807) is 18.2 Å². The van der Waals surface area contributed by atoms with Gasteiger partial charge in [-0.15, -0.1) is 0 Å². The maximum atomic E-state index is 11.7. The molecule has 0 aliphatic carbocycles. The van der Waals surface area contributed by atoms with Gasteiger partial charge in [0.2, 0.25) is 5.91 Å². The van der Waals surface area contributed by atoms with Crippen LogP contribution in [0, 0.1) is 11.3 Å². The molecule has 0 aliphatic heterocycles. The van der Waals surface area contributed by atoms with E-state index in [1.165, 1.54) is 7.11 Å². The third kappa shape index (κ3) is 2.95. The lowest BCUT2D eigenvalue weighted by Crippen LogP contribution is -2.35. The average Bonchev–Trinajstić information content (AvgIpc) is 2.37. The first-order valence-electron chi connectivity index (χ1n) is 5.27. The lowest BCUT2D eigenvalue weighted by molar-refractivity contribution is -0.117. The van der Waals surface area contributed by atoms with E-state index in [-0.39, 0.29) is 5.91 Å². The molecule has 0 spiro atoms. The number of nitrogens with one attached hydrogen (secondary N) is 1. The second kappa shape index (κ2) is 5.87. The highest BCUT2D eigenvalue weighted by Crippen LogP contribution is 2.27. The van der Waals surface area contributed by atoms with Crippen LogP contribution < -0.4 is 15.8 Å². The molecule has 1 aromatic carbocycles. The van der Waals surface area contributed by atoms with Crippen LogP contribution in [0.3, 0.4) is 0 Å². The summed E-state index contributed by atoms with van der Waals surface area (Å²) in [4.78, 5) is 11.7. The number of nitrogens with zero attached hydrogens (tertiary/aromatic N) is 1. The van der Waals surface area contributed by atoms with Crippen molar-refractivity contribution in [2.75, 3.05) is 12.4 Å². The molecule has 0 saturated carbocycles. The highest BCUT2D eigenvalue weighted by Gasteiger charge is 2.16. The number of ether oxygens (including phenoxy) is 1. The lowest BCUT2D eigenvalue weighted by Gasteiger charge is -2.14. The first-order valence-corrected chi connectivity index (χ1v) is 5.27. The Hall–Kier alpha value is -2.06. The predicted octanol–water partition coefficient (Wildman–Crippen LogP) is 1.24. The maximum absolute atomic E-state index is 11.7. The molecule has 0 bridgehead atoms. The second-order valence-electron chi connectivity index (χ2n) is 3.50. The van der Waals surface area contributed by atoms with Crippen LogP contribution in [0.2, 0.25) is 0 Å². The number of anilines is 1. The van der Waals surface area contributed by atoms with Crippen molar-refractivity contribution in [3.63, 3.8) is 0 Å². The molecule has 0 unspecified atom stereocenters. The molecule has 5 nitrogen and oxygen atoms in total. The third-order valence-electron chi connectivity index (χ3n) is 2.39. The standard InChI is InChI=1S/C12H15N3O2/c1-3-9(14)12(16)15-11-8(7-13)5-4-6-10(11)17-2/h4-6,9H,3,14H2,1-2H3,(H,15,16)/t9-/m1/s1. The number of amides is 1. The Bertz CT molecular complexity index is 452. The van der Waals surface area contributed by atoms with Gasteiger partial charge in [-0.1, -0.05) is 13.0 Å². The van der Waals surface area contributed by atoms with Gasteiger partial charge in [-0.3, -0.25) is 4.79 Å². The summed E-state index contributed by atoms with van der Waals surface area (Å²) < 4.78 is 5.10. The van der Waals surface area contributed by atoms with Crippen molar-refractivity contribution in [1.82, 2.24) is 0 Å². The van der Waals surface area contributed by atoms with Crippen LogP contribution in [0.25, 0.3) is 0 Å². The minimum absolute atomic E-state index is 0.325. The second-order valence-corrected chi connectivity index (χ2v) is 3.50. The van der Waals surface area contributed by atoms with Gasteiger partial charge >= 0.3 is 0 Å². The summed E-state index contributed by atoms with van der Waals surface area (Å²) in [6, 6.07) is 6.37. The summed E-state index contributed by atoms with van der Waals surface area (Å²) in [6.45, 7) is 1.82. The summed E-state index contributed by atoms with van der Waals surface area (Å²) in [5.74, 6) is 0.120. The monoisotopic (exact) mass is 233 g/mol. The molecule has 0 fully saturated rings. The van der Waals surface area contributed by atoms with E-state index in [9.17, 15) is 4.79 Å². The summed E-state index contributed by atoms with van der Waals surface area (Å²) in [6.07, 6.45) is 0.531. The normalized spacial score (nSPS) is 11.4. The number of nitriles is 1. The number of hydrogen-bond acceptors (Lipinski definition) is 4. The number of rotatable bonds is 4. The van der Waals surface area contributed by atoms with E-state index >= 15 is 0 Å². The van der Waals surface area contributed by atoms with Gasteiger partial charge in [0.05, 0.1) is 18.7 Å². The van der Waals surface area contributed by atoms with Crippen LogP contribution in [0.5, 0.6) is 5.75 Å². The first-order chi connectivity index (χ1) is 8.13. The molecule has 90 valence electrons. The van der Waals surface area contributed by atoms with Crippen LogP contribution in [-0.4, -0.2) is 19.1 Å². The molecule has 17 heavy (non-hydrogen) atoms. The van der Waals surface area contributed by atoms with Crippen LogP contribution in [0.15, 0.2) is 18.2 Å². The Balaban J connectivity index is 3.04. The lowest BCUT2D eigenvalue weighted by atomic mass is 10.1. The van der Waals surface area contributed by atoms with E-state index in [2.05, 4.69) is 5.32 Å². The maximum Gasteiger partial charge on any atom is 0.241 e. The number of carbonyl (C=O) groups is 1. The topological polar surface area (TPSA) is 88.1 Å². The van der Waals surface area contributed by atoms with E-state index in [1.807, 2.05) is 13.0 Å². The molecular weight excluding hydrogens is 218 g/mol. The molecule has 0 radical (unpaired) electrons. The Labute approximate surface area is 100 Å². The quantitative estimate of drug-likeness (QED) is 0.819. The number of benzene rings is 1. The number of nitrogens with two attached hydrogens (primary N) is 1. The van der Waals surface area contributed by atoms with Crippen LogP contribution in [0.4, 0.5) is 5.69 Å². The van der Waals surface area contributed by atoms with Gasteiger partial charge in [-0.05, 0) is 18.6 Å². The van der Waals surface area contributed by atoms with Crippen molar-refractivity contribution >= 4 is 11.6 Å². The Morgan fingerprint density at radius 3 is 2.88 bits per heavy atom. The zero-order valence-corrected chi connectivity index (χ0v) is 9.86. The van der Waals surface area contributed by atoms with Crippen LogP contribution in [0.1, 0.15) is 18.9 Å². The number of para-hydroxylation sites is 1. The highest BCUT2D eigenvalue weighted by molar-refractivity contribution is 5.97. The summed E-state index contributed by atoms with van der Waals surface area (Å²) in [5.41, 5.74) is 6.33. The van der Waals surface area contributed by atoms with E-state index in [0.29, 0.717) is 23.4 Å². The van der Waals surface area contributed by atoms with Crippen molar-refractivity contribution in [3.05, 3.63) is 23.8 Å². The fourth-order valence-electron chi connectivity index (χ4n) is 1.32. The van der Waals surface area contributed by atoms with Crippen molar-refractivity contribution in [2.24, 2.45) is 5.73 Å². The van der Waals surface area contributed by atoms with Gasteiger partial charge in [-0.25, -0.2) is 0 Å². The smallest absolute Gasteiger partial charge is 0.241 e. The fourth-order valence-corrected chi connectivity index (χ4v) is 1.32. The van der Waals surface area contributed by atoms with Crippen molar-refractivity contribution in [1.29, 1.82) is 5.26 Å². The van der Waals surface area contributed by atoms with Crippen molar-refractivity contribution in [3.8, 4) is 11.8 Å². The van der Waals surface area contributed by atoms with Crippen molar-refractivity contribution in [2.45, 2.75) is 19.4 Å². The summed E-state index contributed by atoms with van der Waals surface area (Å²) in [5, 5.41) is 11.6. The minimum atomic E-state index is -0.591. The number of carbonyl (C=O) groups excluding carboxylic acids is 1. The van der Waals surface area contributed by atoms with Gasteiger partial charge in [0, 0.05) is 0 Å². The van der Waals surface area contributed by atoms with Gasteiger partial charge < -0.3 is 15.8 Å². The molecule has 1 atom stereocenters. The van der Waals surface area contributed by atoms with E-state index in [0.717, 1.165) is 0 Å². The Morgan fingerprint density at radius 2 is 2.35 bits per heavy atom. The molecule has 1 amide bonds. The molecule has 3 N–H and O–H groups in total. The van der Waals surface area contributed by atoms with Gasteiger partial charge in [0.25, 0.3) is 0 Å². The van der Waals surface area contributed by atoms with Gasteiger partial charge in [0.15, 0.2) is 0 Å². The Kier molecular flexibility index (Phi) is 4.49. The predicted molar refractivity (Wildman–Crippen MR) is 64.6 cm³/mol.